The first-order valence-electron chi connectivity index (χ1n) is 7.10. The minimum Gasteiger partial charge on any atom is -0.385 e. The molecule has 1 saturated carbocycles. The van der Waals surface area contributed by atoms with Crippen molar-refractivity contribution in [1.82, 2.24) is 5.32 Å². The molecule has 0 saturated heterocycles. The molecule has 1 aromatic carbocycles. The fraction of sp³-hybridized carbons (Fsp3) is 0.533. The number of carbonyl (C=O) groups is 1. The van der Waals surface area contributed by atoms with Crippen LogP contribution in [0, 0.1) is 5.92 Å². The van der Waals surface area contributed by atoms with Crippen LogP contribution in [-0.4, -0.2) is 19.6 Å². The maximum Gasteiger partial charge on any atom is 0.318 e. The lowest BCUT2D eigenvalue weighted by Gasteiger charge is -2.22. The third kappa shape index (κ3) is 4.47. The van der Waals surface area contributed by atoms with Crippen LogP contribution in [0.2, 0.25) is 0 Å². The highest BCUT2D eigenvalue weighted by molar-refractivity contribution is 5.89. The maximum absolute atomic E-state index is 11.2. The molecule has 3 N–H and O–H groups in total. The van der Waals surface area contributed by atoms with E-state index in [4.69, 9.17) is 0 Å². The molecule has 0 radical (unpaired) electrons. The van der Waals surface area contributed by atoms with Gasteiger partial charge in [-0.1, -0.05) is 19.3 Å². The van der Waals surface area contributed by atoms with Crippen LogP contribution in [0.5, 0.6) is 0 Å². The van der Waals surface area contributed by atoms with E-state index in [1.165, 1.54) is 32.1 Å². The van der Waals surface area contributed by atoms with Crippen LogP contribution in [0.4, 0.5) is 16.2 Å². The molecule has 1 aliphatic rings. The van der Waals surface area contributed by atoms with Crippen molar-refractivity contribution in [1.29, 1.82) is 0 Å². The fourth-order valence-corrected chi connectivity index (χ4v) is 2.52. The summed E-state index contributed by atoms with van der Waals surface area (Å²) in [7, 11) is 1.61. The van der Waals surface area contributed by atoms with Gasteiger partial charge in [-0.15, -0.1) is 0 Å². The lowest BCUT2D eigenvalue weighted by atomic mass is 9.89. The minimum atomic E-state index is -0.192. The highest BCUT2D eigenvalue weighted by Gasteiger charge is 2.12. The molecule has 0 heterocycles. The van der Waals surface area contributed by atoms with Crippen LogP contribution in [0.1, 0.15) is 32.1 Å². The lowest BCUT2D eigenvalue weighted by molar-refractivity contribution is 0.254. The molecular formula is C15H23N3O. The first-order chi connectivity index (χ1) is 9.28. The molecule has 19 heavy (non-hydrogen) atoms. The highest BCUT2D eigenvalue weighted by atomic mass is 16.2. The minimum absolute atomic E-state index is 0.192. The molecule has 4 nitrogen and oxygen atoms in total. The fourth-order valence-electron chi connectivity index (χ4n) is 2.52. The lowest BCUT2D eigenvalue weighted by Crippen LogP contribution is -2.24. The smallest absolute Gasteiger partial charge is 0.318 e. The van der Waals surface area contributed by atoms with Crippen LogP contribution in [-0.2, 0) is 0 Å². The van der Waals surface area contributed by atoms with Gasteiger partial charge in [0.05, 0.1) is 0 Å². The Kier molecular flexibility index (Phi) is 5.07. The normalized spacial score (nSPS) is 15.8. The molecule has 0 spiro atoms. The van der Waals surface area contributed by atoms with Crippen molar-refractivity contribution in [2.45, 2.75) is 32.1 Å². The van der Waals surface area contributed by atoms with E-state index in [-0.39, 0.29) is 6.03 Å². The molecule has 2 amide bonds. The Bertz CT molecular complexity index is 396. The first-order valence-corrected chi connectivity index (χ1v) is 7.10. The number of rotatable bonds is 4. The molecule has 2 rings (SSSR count). The summed E-state index contributed by atoms with van der Waals surface area (Å²) >= 11 is 0. The van der Waals surface area contributed by atoms with Crippen molar-refractivity contribution < 1.29 is 4.79 Å². The number of anilines is 2. The molecule has 0 bridgehead atoms. The van der Waals surface area contributed by atoms with Gasteiger partial charge in [0, 0.05) is 25.0 Å². The number of carbonyl (C=O) groups excluding carboxylic acids is 1. The number of hydrogen-bond acceptors (Lipinski definition) is 2. The SMILES string of the molecule is CNC(=O)Nc1ccc(NCC2CCCCC2)cc1. The molecule has 0 aliphatic heterocycles. The Morgan fingerprint density at radius 2 is 1.74 bits per heavy atom. The second-order valence-corrected chi connectivity index (χ2v) is 5.17. The summed E-state index contributed by atoms with van der Waals surface area (Å²) in [5, 5.41) is 8.76. The molecule has 1 aliphatic carbocycles. The zero-order chi connectivity index (χ0) is 13.5. The van der Waals surface area contributed by atoms with E-state index < -0.39 is 0 Å². The number of benzene rings is 1. The third-order valence-electron chi connectivity index (χ3n) is 3.69. The number of amides is 2. The highest BCUT2D eigenvalue weighted by Crippen LogP contribution is 2.24. The molecular weight excluding hydrogens is 238 g/mol. The van der Waals surface area contributed by atoms with E-state index in [9.17, 15) is 4.79 Å². The Morgan fingerprint density at radius 1 is 1.11 bits per heavy atom. The first kappa shape index (κ1) is 13.7. The average molecular weight is 261 g/mol. The quantitative estimate of drug-likeness (QED) is 0.777. The second kappa shape index (κ2) is 7.02. The zero-order valence-electron chi connectivity index (χ0n) is 11.5. The maximum atomic E-state index is 11.2. The van der Waals surface area contributed by atoms with Gasteiger partial charge < -0.3 is 16.0 Å². The van der Waals surface area contributed by atoms with Crippen LogP contribution in [0.15, 0.2) is 24.3 Å². The van der Waals surface area contributed by atoms with E-state index in [1.54, 1.807) is 7.05 Å². The average Bonchev–Trinajstić information content (AvgIpc) is 2.47. The van der Waals surface area contributed by atoms with Crippen molar-refractivity contribution >= 4 is 17.4 Å². The van der Waals surface area contributed by atoms with Gasteiger partial charge in [-0.05, 0) is 43.0 Å². The standard InChI is InChI=1S/C15H23N3O/c1-16-15(19)18-14-9-7-13(8-10-14)17-11-12-5-3-2-4-6-12/h7-10,12,17H,2-6,11H2,1H3,(H2,16,18,19). The molecule has 1 fully saturated rings. The van der Waals surface area contributed by atoms with Gasteiger partial charge >= 0.3 is 6.03 Å². The summed E-state index contributed by atoms with van der Waals surface area (Å²) in [5.74, 6) is 0.817. The van der Waals surface area contributed by atoms with E-state index in [0.29, 0.717) is 0 Å². The summed E-state index contributed by atoms with van der Waals surface area (Å²) < 4.78 is 0. The van der Waals surface area contributed by atoms with Crippen LogP contribution in [0.25, 0.3) is 0 Å². The van der Waals surface area contributed by atoms with Crippen molar-refractivity contribution in [3.8, 4) is 0 Å². The van der Waals surface area contributed by atoms with Crippen molar-refractivity contribution in [3.63, 3.8) is 0 Å². The van der Waals surface area contributed by atoms with E-state index in [1.807, 2.05) is 24.3 Å². The van der Waals surface area contributed by atoms with E-state index in [2.05, 4.69) is 16.0 Å². The van der Waals surface area contributed by atoms with Crippen LogP contribution in [0.3, 0.4) is 0 Å². The molecule has 104 valence electrons. The summed E-state index contributed by atoms with van der Waals surface area (Å²) in [4.78, 5) is 11.2. The number of hydrogen-bond donors (Lipinski definition) is 3. The number of nitrogens with one attached hydrogen (secondary N) is 3. The molecule has 1 aromatic rings. The number of urea groups is 1. The Balaban J connectivity index is 1.79. The van der Waals surface area contributed by atoms with Gasteiger partial charge in [-0.2, -0.15) is 0 Å². The summed E-state index contributed by atoms with van der Waals surface area (Å²) in [5.41, 5.74) is 1.93. The Morgan fingerprint density at radius 3 is 2.37 bits per heavy atom. The molecule has 0 atom stereocenters. The van der Waals surface area contributed by atoms with E-state index >= 15 is 0 Å². The van der Waals surface area contributed by atoms with Crippen LogP contribution >= 0.6 is 0 Å². The summed E-state index contributed by atoms with van der Waals surface area (Å²) in [6.45, 7) is 1.06. The van der Waals surface area contributed by atoms with Crippen molar-refractivity contribution in [2.75, 3.05) is 24.2 Å². The molecule has 0 aromatic heterocycles. The Labute approximate surface area is 115 Å². The monoisotopic (exact) mass is 261 g/mol. The predicted octanol–water partition coefficient (Wildman–Crippen LogP) is 3.43. The topological polar surface area (TPSA) is 53.2 Å². The molecule has 4 heteroatoms. The largest absolute Gasteiger partial charge is 0.385 e. The van der Waals surface area contributed by atoms with Gasteiger partial charge in [-0.25, -0.2) is 4.79 Å². The predicted molar refractivity (Wildman–Crippen MR) is 79.6 cm³/mol. The van der Waals surface area contributed by atoms with Crippen LogP contribution < -0.4 is 16.0 Å². The summed E-state index contributed by atoms with van der Waals surface area (Å²) in [6.07, 6.45) is 6.85. The van der Waals surface area contributed by atoms with Gasteiger partial charge in [-0.3, -0.25) is 0 Å². The van der Waals surface area contributed by atoms with Gasteiger partial charge in [0.1, 0.15) is 0 Å². The van der Waals surface area contributed by atoms with Gasteiger partial charge in [0.25, 0.3) is 0 Å². The van der Waals surface area contributed by atoms with Crippen molar-refractivity contribution in [2.24, 2.45) is 5.92 Å². The van der Waals surface area contributed by atoms with E-state index in [0.717, 1.165) is 23.8 Å². The van der Waals surface area contributed by atoms with Crippen molar-refractivity contribution in [3.05, 3.63) is 24.3 Å². The van der Waals surface area contributed by atoms with Gasteiger partial charge in [0.15, 0.2) is 0 Å². The summed E-state index contributed by atoms with van der Waals surface area (Å²) in [6, 6.07) is 7.65. The zero-order valence-corrected chi connectivity index (χ0v) is 11.5. The Hall–Kier alpha value is -1.71. The third-order valence-corrected chi connectivity index (χ3v) is 3.69. The molecule has 0 unspecified atom stereocenters. The second-order valence-electron chi connectivity index (χ2n) is 5.17. The van der Waals surface area contributed by atoms with Gasteiger partial charge in [0.2, 0.25) is 0 Å².